The van der Waals surface area contributed by atoms with Gasteiger partial charge in [0.05, 0.1) is 11.6 Å². The Labute approximate surface area is 197 Å². The lowest BCUT2D eigenvalue weighted by atomic mass is 9.96. The van der Waals surface area contributed by atoms with Gasteiger partial charge in [0.1, 0.15) is 6.67 Å². The normalized spacial score (nSPS) is 14.1. The Bertz CT molecular complexity index is 1100. The fourth-order valence-electron chi connectivity index (χ4n) is 3.82. The third-order valence-electron chi connectivity index (χ3n) is 5.14. The molecule has 0 aliphatic carbocycles. The monoisotopic (exact) mass is 480 g/mol. The van der Waals surface area contributed by atoms with Gasteiger partial charge in [0.15, 0.2) is 0 Å². The molecule has 33 heavy (non-hydrogen) atoms. The molecule has 180 valence electrons. The maximum Gasteiger partial charge on any atom is 0.417 e. The summed E-state index contributed by atoms with van der Waals surface area (Å²) in [5, 5.41) is 0.845. The lowest BCUT2D eigenvalue weighted by Crippen LogP contribution is -2.23. The molecule has 0 amide bonds. The largest absolute Gasteiger partial charge is 0.417 e. The molecular formula is C26H32F4N2S. The van der Waals surface area contributed by atoms with Crippen LogP contribution in [0.15, 0.2) is 48.7 Å². The molecule has 1 atom stereocenters. The number of nitrogens with zero attached hydrogens (tertiary/aromatic N) is 1. The van der Waals surface area contributed by atoms with E-state index in [1.54, 1.807) is 18.2 Å². The van der Waals surface area contributed by atoms with Crippen molar-refractivity contribution in [1.29, 1.82) is 0 Å². The summed E-state index contributed by atoms with van der Waals surface area (Å²) in [5.41, 5.74) is 1.51. The van der Waals surface area contributed by atoms with Crippen molar-refractivity contribution in [2.24, 2.45) is 5.41 Å². The van der Waals surface area contributed by atoms with Crippen LogP contribution >= 0.6 is 11.9 Å². The highest BCUT2D eigenvalue weighted by molar-refractivity contribution is 7.98. The van der Waals surface area contributed by atoms with E-state index in [4.69, 9.17) is 0 Å². The Hall–Kier alpha value is -1.99. The van der Waals surface area contributed by atoms with Gasteiger partial charge in [-0.2, -0.15) is 13.2 Å². The van der Waals surface area contributed by atoms with Crippen molar-refractivity contribution in [2.45, 2.75) is 65.1 Å². The Kier molecular flexibility index (Phi) is 7.25. The minimum Gasteiger partial charge on any atom is -0.347 e. The molecule has 3 rings (SSSR count). The van der Waals surface area contributed by atoms with Gasteiger partial charge in [-0.15, -0.1) is 0 Å². The van der Waals surface area contributed by atoms with Gasteiger partial charge in [0.2, 0.25) is 0 Å². The average molecular weight is 481 g/mol. The molecule has 7 heteroatoms. The van der Waals surface area contributed by atoms with Crippen molar-refractivity contribution in [1.82, 2.24) is 9.29 Å². The molecule has 0 spiro atoms. The van der Waals surface area contributed by atoms with Crippen LogP contribution in [0, 0.1) is 5.41 Å². The molecule has 1 N–H and O–H groups in total. The van der Waals surface area contributed by atoms with E-state index >= 15 is 0 Å². The second kappa shape index (κ2) is 9.34. The van der Waals surface area contributed by atoms with Gasteiger partial charge >= 0.3 is 6.18 Å². The molecule has 0 bridgehead atoms. The number of halogens is 4. The van der Waals surface area contributed by atoms with Crippen LogP contribution in [-0.4, -0.2) is 16.0 Å². The van der Waals surface area contributed by atoms with Crippen molar-refractivity contribution in [2.75, 3.05) is 6.67 Å². The number of rotatable bonds is 6. The molecule has 2 aromatic carbocycles. The number of aromatic nitrogens is 1. The maximum atomic E-state index is 14.1. The van der Waals surface area contributed by atoms with Crippen molar-refractivity contribution in [3.63, 3.8) is 0 Å². The first kappa shape index (κ1) is 25.6. The molecule has 0 radical (unpaired) electrons. The zero-order valence-electron chi connectivity index (χ0n) is 20.0. The van der Waals surface area contributed by atoms with Crippen molar-refractivity contribution in [3.05, 3.63) is 59.8 Å². The molecule has 3 aromatic rings. The third kappa shape index (κ3) is 6.33. The predicted octanol–water partition coefficient (Wildman–Crippen LogP) is 8.42. The fraction of sp³-hybridized carbons (Fsp3) is 0.462. The van der Waals surface area contributed by atoms with Gasteiger partial charge < -0.3 is 4.57 Å². The van der Waals surface area contributed by atoms with Gasteiger partial charge in [-0.3, -0.25) is 4.72 Å². The first-order valence-corrected chi connectivity index (χ1v) is 11.8. The molecule has 1 heterocycles. The summed E-state index contributed by atoms with van der Waals surface area (Å²) in [5.74, 6) is 0. The number of fused-ring (bicyclic) bond motifs is 1. The van der Waals surface area contributed by atoms with Crippen LogP contribution < -0.4 is 4.72 Å². The van der Waals surface area contributed by atoms with Crippen molar-refractivity contribution in [3.8, 4) is 11.1 Å². The zero-order valence-corrected chi connectivity index (χ0v) is 20.8. The second-order valence-corrected chi connectivity index (χ2v) is 12.3. The number of benzene rings is 2. The summed E-state index contributed by atoms with van der Waals surface area (Å²) >= 11 is 1.47. The summed E-state index contributed by atoms with van der Waals surface area (Å²) in [7, 11) is 0. The maximum absolute atomic E-state index is 14.1. The lowest BCUT2D eigenvalue weighted by Gasteiger charge is -2.22. The van der Waals surface area contributed by atoms with Crippen LogP contribution in [0.5, 0.6) is 0 Å². The second-order valence-electron chi connectivity index (χ2n) is 10.6. The SMILES string of the molecule is CC(C)(C)Cn1cc(C(CF)NSC(C)(C)C)c2ccc(-c3ccccc3C(F)(F)F)cc21. The molecule has 1 aromatic heterocycles. The standard InChI is InChI=1S/C26H32F4N2S/c1-24(2,3)16-32-15-20(22(14-27)31-33-25(4,5)6)19-12-11-17(13-23(19)32)18-9-7-8-10-21(18)26(28,29)30/h7-13,15,22,31H,14,16H2,1-6H3. The molecular weight excluding hydrogens is 448 g/mol. The summed E-state index contributed by atoms with van der Waals surface area (Å²) in [6.07, 6.45) is -2.51. The van der Waals surface area contributed by atoms with Crippen LogP contribution in [-0.2, 0) is 12.7 Å². The third-order valence-corrected chi connectivity index (χ3v) is 6.15. The Morgan fingerprint density at radius 3 is 2.21 bits per heavy atom. The van der Waals surface area contributed by atoms with Crippen LogP contribution in [0.4, 0.5) is 17.6 Å². The molecule has 0 aliphatic rings. The van der Waals surface area contributed by atoms with Crippen molar-refractivity contribution >= 4 is 22.9 Å². The highest BCUT2D eigenvalue weighted by Crippen LogP contribution is 2.39. The van der Waals surface area contributed by atoms with E-state index in [-0.39, 0.29) is 15.7 Å². The van der Waals surface area contributed by atoms with Crippen LogP contribution in [0.2, 0.25) is 0 Å². The Morgan fingerprint density at radius 2 is 1.64 bits per heavy atom. The lowest BCUT2D eigenvalue weighted by molar-refractivity contribution is -0.137. The van der Waals surface area contributed by atoms with E-state index in [1.165, 1.54) is 24.1 Å². The fourth-order valence-corrected chi connectivity index (χ4v) is 4.50. The van der Waals surface area contributed by atoms with E-state index in [1.807, 2.05) is 37.6 Å². The average Bonchev–Trinajstić information content (AvgIpc) is 3.03. The van der Waals surface area contributed by atoms with Gasteiger partial charge in [-0.1, -0.05) is 63.1 Å². The number of hydrogen-bond donors (Lipinski definition) is 1. The van der Waals surface area contributed by atoms with E-state index < -0.39 is 24.5 Å². The first-order valence-electron chi connectivity index (χ1n) is 11.0. The number of alkyl halides is 4. The predicted molar refractivity (Wildman–Crippen MR) is 131 cm³/mol. The van der Waals surface area contributed by atoms with Crippen LogP contribution in [0.3, 0.4) is 0 Å². The summed E-state index contributed by atoms with van der Waals surface area (Å²) in [6, 6.07) is 10.4. The Balaban J connectivity index is 2.16. The van der Waals surface area contributed by atoms with Gasteiger partial charge in [-0.05, 0) is 55.0 Å². The quantitative estimate of drug-likeness (QED) is 0.282. The highest BCUT2D eigenvalue weighted by atomic mass is 32.2. The summed E-state index contributed by atoms with van der Waals surface area (Å²) in [4.78, 5) is 0. The van der Waals surface area contributed by atoms with Gasteiger partial charge in [-0.25, -0.2) is 4.39 Å². The number of hydrogen-bond acceptors (Lipinski definition) is 2. The van der Waals surface area contributed by atoms with Gasteiger partial charge in [0.25, 0.3) is 0 Å². The van der Waals surface area contributed by atoms with Crippen LogP contribution in [0.25, 0.3) is 22.0 Å². The topological polar surface area (TPSA) is 17.0 Å². The molecule has 0 saturated carbocycles. The zero-order chi connectivity index (χ0) is 24.6. The molecule has 1 unspecified atom stereocenters. The molecule has 0 aliphatic heterocycles. The number of nitrogens with one attached hydrogen (secondary N) is 1. The van der Waals surface area contributed by atoms with Gasteiger partial charge in [0, 0.05) is 28.4 Å². The van der Waals surface area contributed by atoms with E-state index in [2.05, 4.69) is 25.5 Å². The molecule has 0 fully saturated rings. The first-order chi connectivity index (χ1) is 15.2. The minimum atomic E-state index is -4.45. The summed E-state index contributed by atoms with van der Waals surface area (Å²) in [6.45, 7) is 12.5. The molecule has 0 saturated heterocycles. The smallest absolute Gasteiger partial charge is 0.347 e. The molecule has 2 nitrogen and oxygen atoms in total. The Morgan fingerprint density at radius 1 is 0.970 bits per heavy atom. The van der Waals surface area contributed by atoms with E-state index in [9.17, 15) is 17.6 Å². The van der Waals surface area contributed by atoms with Crippen LogP contribution in [0.1, 0.15) is 58.7 Å². The van der Waals surface area contributed by atoms with E-state index in [0.717, 1.165) is 22.5 Å². The van der Waals surface area contributed by atoms with E-state index in [0.29, 0.717) is 12.1 Å². The summed E-state index contributed by atoms with van der Waals surface area (Å²) < 4.78 is 60.2. The highest BCUT2D eigenvalue weighted by Gasteiger charge is 2.33. The minimum absolute atomic E-state index is 0.0676. The van der Waals surface area contributed by atoms with Crippen molar-refractivity contribution < 1.29 is 17.6 Å².